The number of carbonyl (C=O) groups is 1. The molecule has 6 nitrogen and oxygen atoms in total. The van der Waals surface area contributed by atoms with Crippen molar-refractivity contribution in [3.05, 3.63) is 0 Å². The Bertz CT molecular complexity index is 478. The van der Waals surface area contributed by atoms with Crippen LogP contribution in [0.5, 0.6) is 0 Å². The van der Waals surface area contributed by atoms with Crippen molar-refractivity contribution in [1.82, 2.24) is 15.5 Å². The van der Waals surface area contributed by atoms with E-state index in [2.05, 4.69) is 22.5 Å². The molecule has 0 atom stereocenters. The lowest BCUT2D eigenvalue weighted by Crippen LogP contribution is -2.52. The van der Waals surface area contributed by atoms with E-state index in [4.69, 9.17) is 4.74 Å². The van der Waals surface area contributed by atoms with Crippen molar-refractivity contribution < 1.29 is 9.53 Å². The van der Waals surface area contributed by atoms with Gasteiger partial charge in [-0.05, 0) is 31.4 Å². The van der Waals surface area contributed by atoms with Crippen LogP contribution < -0.4 is 10.6 Å². The van der Waals surface area contributed by atoms with Crippen molar-refractivity contribution in [1.29, 1.82) is 0 Å². The molecule has 0 aromatic carbocycles. The molecule has 2 rings (SSSR count). The fourth-order valence-corrected chi connectivity index (χ4v) is 5.37. The molecule has 26 heavy (non-hydrogen) atoms. The van der Waals surface area contributed by atoms with Gasteiger partial charge in [-0.3, -0.25) is 9.79 Å². The molecule has 150 valence electrons. The Kier molecular flexibility index (Phi) is 8.07. The molecule has 1 aliphatic heterocycles. The van der Waals surface area contributed by atoms with Crippen LogP contribution in [0.25, 0.3) is 0 Å². The van der Waals surface area contributed by atoms with E-state index in [1.54, 1.807) is 11.9 Å². The van der Waals surface area contributed by atoms with Gasteiger partial charge >= 0.3 is 0 Å². The van der Waals surface area contributed by atoms with E-state index < -0.39 is 0 Å². The van der Waals surface area contributed by atoms with E-state index in [1.165, 1.54) is 0 Å². The quantitative estimate of drug-likeness (QED) is 0.520. The van der Waals surface area contributed by atoms with Crippen LogP contribution in [0.2, 0.25) is 0 Å². The molecule has 7 heteroatoms. The predicted molar refractivity (Wildman–Crippen MR) is 110 cm³/mol. The summed E-state index contributed by atoms with van der Waals surface area (Å²) < 4.78 is 5.77. The fraction of sp³-hybridized carbons (Fsp3) is 0.895. The molecule has 1 aliphatic carbocycles. The zero-order valence-corrected chi connectivity index (χ0v) is 17.7. The van der Waals surface area contributed by atoms with Crippen LogP contribution in [0.3, 0.4) is 0 Å². The first-order valence-electron chi connectivity index (χ1n) is 9.85. The number of guanidine groups is 1. The highest BCUT2D eigenvalue weighted by Crippen LogP contribution is 2.39. The zero-order valence-electron chi connectivity index (χ0n) is 16.9. The first kappa shape index (κ1) is 21.4. The third-order valence-electron chi connectivity index (χ3n) is 5.67. The van der Waals surface area contributed by atoms with E-state index >= 15 is 0 Å². The van der Waals surface area contributed by atoms with Crippen LogP contribution in [0.1, 0.15) is 45.4 Å². The van der Waals surface area contributed by atoms with Gasteiger partial charge in [-0.1, -0.05) is 19.8 Å². The standard InChI is InChI=1S/C19H36N4O2S/c1-5-26-19(10-12-25-13-11-19)15-22-17(20-2)21-14-18(8-6-7-9-18)16(24)23(3)4/h5-15H2,1-4H3,(H2,20,21,22). The van der Waals surface area contributed by atoms with Crippen LogP contribution >= 0.6 is 11.8 Å². The average molecular weight is 385 g/mol. The first-order chi connectivity index (χ1) is 12.5. The van der Waals surface area contributed by atoms with Gasteiger partial charge in [0.15, 0.2) is 5.96 Å². The number of aliphatic imine (C=N–C) groups is 1. The molecule has 1 saturated heterocycles. The van der Waals surface area contributed by atoms with Gasteiger partial charge in [-0.15, -0.1) is 0 Å². The minimum atomic E-state index is -0.282. The van der Waals surface area contributed by atoms with E-state index in [-0.39, 0.29) is 16.1 Å². The van der Waals surface area contributed by atoms with Crippen LogP contribution in [-0.2, 0) is 9.53 Å². The second-order valence-electron chi connectivity index (χ2n) is 7.69. The normalized spacial score (nSPS) is 22.1. The smallest absolute Gasteiger partial charge is 0.230 e. The van der Waals surface area contributed by atoms with Crippen LogP contribution in [0.4, 0.5) is 0 Å². The van der Waals surface area contributed by atoms with Gasteiger partial charge in [0.25, 0.3) is 0 Å². The molecular formula is C19H36N4O2S. The van der Waals surface area contributed by atoms with E-state index in [9.17, 15) is 4.79 Å². The minimum absolute atomic E-state index is 0.217. The summed E-state index contributed by atoms with van der Waals surface area (Å²) in [7, 11) is 5.51. The maximum Gasteiger partial charge on any atom is 0.230 e. The number of nitrogens with one attached hydrogen (secondary N) is 2. The Balaban J connectivity index is 1.93. The fourth-order valence-electron chi connectivity index (χ4n) is 4.13. The molecule has 0 unspecified atom stereocenters. The third-order valence-corrected chi connectivity index (χ3v) is 7.12. The van der Waals surface area contributed by atoms with Crippen molar-refractivity contribution in [2.75, 3.05) is 53.2 Å². The van der Waals surface area contributed by atoms with Gasteiger partial charge in [-0.25, -0.2) is 0 Å². The predicted octanol–water partition coefficient (Wildman–Crippen LogP) is 2.10. The number of nitrogens with zero attached hydrogens (tertiary/aromatic N) is 2. The lowest BCUT2D eigenvalue weighted by Gasteiger charge is -2.37. The molecule has 0 radical (unpaired) electrons. The van der Waals surface area contributed by atoms with Gasteiger partial charge < -0.3 is 20.3 Å². The number of rotatable bonds is 7. The monoisotopic (exact) mass is 384 g/mol. The Hall–Kier alpha value is -0.950. The van der Waals surface area contributed by atoms with Gasteiger partial charge in [0.05, 0.1) is 5.41 Å². The molecule has 2 N–H and O–H groups in total. The molecule has 1 saturated carbocycles. The van der Waals surface area contributed by atoms with Crippen molar-refractivity contribution in [2.45, 2.75) is 50.2 Å². The van der Waals surface area contributed by atoms with Crippen molar-refractivity contribution in [3.63, 3.8) is 0 Å². The Labute approximate surface area is 162 Å². The number of thioether (sulfide) groups is 1. The third kappa shape index (κ3) is 5.28. The lowest BCUT2D eigenvalue weighted by molar-refractivity contribution is -0.138. The number of carbonyl (C=O) groups excluding carboxylic acids is 1. The van der Waals surface area contributed by atoms with E-state index in [0.29, 0.717) is 6.54 Å². The summed E-state index contributed by atoms with van der Waals surface area (Å²) in [5.41, 5.74) is -0.282. The van der Waals surface area contributed by atoms with E-state index in [0.717, 1.165) is 70.0 Å². The van der Waals surface area contributed by atoms with E-state index in [1.807, 2.05) is 25.9 Å². The van der Waals surface area contributed by atoms with Gasteiger partial charge in [0.1, 0.15) is 0 Å². The summed E-state index contributed by atoms with van der Waals surface area (Å²) in [6.45, 7) is 5.41. The summed E-state index contributed by atoms with van der Waals surface area (Å²) in [6, 6.07) is 0. The number of ether oxygens (including phenoxy) is 1. The Morgan fingerprint density at radius 1 is 1.12 bits per heavy atom. The largest absolute Gasteiger partial charge is 0.381 e. The Morgan fingerprint density at radius 2 is 1.73 bits per heavy atom. The van der Waals surface area contributed by atoms with Crippen molar-refractivity contribution in [2.24, 2.45) is 10.4 Å². The summed E-state index contributed by atoms with van der Waals surface area (Å²) in [5.74, 6) is 2.14. The summed E-state index contributed by atoms with van der Waals surface area (Å²) in [5, 5.41) is 6.95. The van der Waals surface area contributed by atoms with Crippen LogP contribution in [0.15, 0.2) is 4.99 Å². The van der Waals surface area contributed by atoms with Crippen molar-refractivity contribution >= 4 is 23.6 Å². The molecule has 1 amide bonds. The first-order valence-corrected chi connectivity index (χ1v) is 10.8. The molecule has 1 heterocycles. The average Bonchev–Trinajstić information content (AvgIpc) is 3.12. The summed E-state index contributed by atoms with van der Waals surface area (Å²) in [6.07, 6.45) is 6.31. The molecule has 0 aromatic heterocycles. The molecule has 2 fully saturated rings. The highest BCUT2D eigenvalue weighted by atomic mass is 32.2. The highest BCUT2D eigenvalue weighted by Gasteiger charge is 2.42. The van der Waals surface area contributed by atoms with Gasteiger partial charge in [-0.2, -0.15) is 11.8 Å². The Morgan fingerprint density at radius 3 is 2.27 bits per heavy atom. The summed E-state index contributed by atoms with van der Waals surface area (Å²) >= 11 is 2.02. The molecule has 0 spiro atoms. The van der Waals surface area contributed by atoms with Crippen molar-refractivity contribution in [3.8, 4) is 0 Å². The maximum atomic E-state index is 12.7. The number of hydrogen-bond acceptors (Lipinski definition) is 4. The topological polar surface area (TPSA) is 66.0 Å². The van der Waals surface area contributed by atoms with Gasteiger partial charge in [0, 0.05) is 52.2 Å². The molecule has 2 aliphatic rings. The summed E-state index contributed by atoms with van der Waals surface area (Å²) in [4.78, 5) is 18.8. The van der Waals surface area contributed by atoms with Crippen LogP contribution in [0, 0.1) is 5.41 Å². The minimum Gasteiger partial charge on any atom is -0.381 e. The maximum absolute atomic E-state index is 12.7. The number of hydrogen-bond donors (Lipinski definition) is 2. The molecule has 0 aromatic rings. The van der Waals surface area contributed by atoms with Gasteiger partial charge in [0.2, 0.25) is 5.91 Å². The zero-order chi connectivity index (χ0) is 19.0. The molecule has 0 bridgehead atoms. The highest BCUT2D eigenvalue weighted by molar-refractivity contribution is 8.00. The second-order valence-corrected chi connectivity index (χ2v) is 9.43. The lowest BCUT2D eigenvalue weighted by atomic mass is 9.84. The molecular weight excluding hydrogens is 348 g/mol. The SMILES string of the molecule is CCSC1(CNC(=NC)NCC2(C(=O)N(C)C)CCCC2)CCOCC1. The second kappa shape index (κ2) is 9.83. The van der Waals surface area contributed by atoms with Crippen LogP contribution in [-0.4, -0.2) is 74.7 Å². The number of amides is 1.